The van der Waals surface area contributed by atoms with Gasteiger partial charge in [-0.05, 0) is 54.4 Å². The summed E-state index contributed by atoms with van der Waals surface area (Å²) in [6, 6.07) is 19.0. The van der Waals surface area contributed by atoms with Gasteiger partial charge in [-0.25, -0.2) is 4.79 Å². The normalized spacial score (nSPS) is 27.7. The lowest BCUT2D eigenvalue weighted by Crippen LogP contribution is -2.51. The van der Waals surface area contributed by atoms with Crippen molar-refractivity contribution in [3.63, 3.8) is 0 Å². The van der Waals surface area contributed by atoms with Crippen molar-refractivity contribution in [2.24, 2.45) is 0 Å². The number of amides is 2. The van der Waals surface area contributed by atoms with E-state index in [0.29, 0.717) is 18.0 Å². The Kier molecular flexibility index (Phi) is 5.21. The molecule has 0 unspecified atom stereocenters. The number of benzene rings is 2. The molecule has 4 nitrogen and oxygen atoms in total. The molecule has 2 N–H and O–H groups in total. The standard InChI is InChI=1S/C28H35N3O/c32-27(29-20-8-2-1-3-9-20)30-21-14-16-31(17-15-21)19-28-18-24(22-10-4-6-12-25(22)28)23-11-5-7-13-26(23)28/h4-7,10-13,20-21,24H,1-3,8-9,14-19H2,(H2,29,30,32). The van der Waals surface area contributed by atoms with Gasteiger partial charge in [0.2, 0.25) is 0 Å². The lowest BCUT2D eigenvalue weighted by Gasteiger charge is -2.40. The molecule has 0 aromatic heterocycles. The van der Waals surface area contributed by atoms with E-state index in [0.717, 1.165) is 45.3 Å². The van der Waals surface area contributed by atoms with E-state index in [2.05, 4.69) is 64.1 Å². The first-order valence-electron chi connectivity index (χ1n) is 12.7. The summed E-state index contributed by atoms with van der Waals surface area (Å²) in [5.41, 5.74) is 6.33. The number of hydrogen-bond donors (Lipinski definition) is 2. The Morgan fingerprint density at radius 3 is 2.00 bits per heavy atom. The molecule has 168 valence electrons. The molecular formula is C28H35N3O. The predicted octanol–water partition coefficient (Wildman–Crippen LogP) is 4.92. The number of piperidine rings is 1. The smallest absolute Gasteiger partial charge is 0.315 e. The average Bonchev–Trinajstić information content (AvgIpc) is 3.33. The Labute approximate surface area is 191 Å². The molecule has 2 amide bonds. The highest BCUT2D eigenvalue weighted by Crippen LogP contribution is 2.60. The number of hydrogen-bond acceptors (Lipinski definition) is 2. The van der Waals surface area contributed by atoms with Gasteiger partial charge in [0.1, 0.15) is 0 Å². The van der Waals surface area contributed by atoms with E-state index in [4.69, 9.17) is 0 Å². The summed E-state index contributed by atoms with van der Waals surface area (Å²) in [6.45, 7) is 3.22. The molecule has 0 spiro atoms. The van der Waals surface area contributed by atoms with Crippen molar-refractivity contribution in [1.82, 2.24) is 15.5 Å². The SMILES string of the molecule is O=C(NC1CCCCC1)NC1CCN(CC23CC(c4ccccc42)c2ccccc23)CC1. The van der Waals surface area contributed by atoms with Crippen LogP contribution in [-0.4, -0.2) is 42.6 Å². The van der Waals surface area contributed by atoms with Crippen LogP contribution in [0.1, 0.15) is 79.5 Å². The second-order valence-electron chi connectivity index (χ2n) is 10.5. The van der Waals surface area contributed by atoms with E-state index in [9.17, 15) is 4.79 Å². The molecule has 3 aliphatic carbocycles. The van der Waals surface area contributed by atoms with Gasteiger partial charge in [-0.2, -0.15) is 0 Å². The molecule has 0 radical (unpaired) electrons. The molecule has 0 atom stereocenters. The molecule has 2 fully saturated rings. The number of rotatable bonds is 4. The molecule has 2 bridgehead atoms. The molecule has 2 aromatic rings. The number of carbonyl (C=O) groups excluding carboxylic acids is 1. The van der Waals surface area contributed by atoms with Gasteiger partial charge in [0.25, 0.3) is 0 Å². The van der Waals surface area contributed by atoms with Crippen molar-refractivity contribution < 1.29 is 4.79 Å². The van der Waals surface area contributed by atoms with E-state index in [1.165, 1.54) is 25.7 Å². The summed E-state index contributed by atoms with van der Waals surface area (Å²) in [6.07, 6.45) is 9.39. The molecule has 1 aliphatic heterocycles. The van der Waals surface area contributed by atoms with Crippen molar-refractivity contribution in [3.05, 3.63) is 70.8 Å². The number of likely N-dealkylation sites (tertiary alicyclic amines) is 1. The largest absolute Gasteiger partial charge is 0.335 e. The Morgan fingerprint density at radius 1 is 0.812 bits per heavy atom. The quantitative estimate of drug-likeness (QED) is 0.725. The summed E-state index contributed by atoms with van der Waals surface area (Å²) >= 11 is 0. The zero-order valence-electron chi connectivity index (χ0n) is 19.0. The maximum atomic E-state index is 12.5. The number of urea groups is 1. The topological polar surface area (TPSA) is 44.4 Å². The second kappa shape index (κ2) is 8.22. The van der Waals surface area contributed by atoms with Gasteiger partial charge in [-0.15, -0.1) is 0 Å². The Bertz CT molecular complexity index is 940. The van der Waals surface area contributed by atoms with Crippen LogP contribution < -0.4 is 10.6 Å². The molecule has 1 saturated carbocycles. The molecular weight excluding hydrogens is 394 g/mol. The van der Waals surface area contributed by atoms with Crippen LogP contribution >= 0.6 is 0 Å². The van der Waals surface area contributed by atoms with Crippen LogP contribution in [-0.2, 0) is 5.41 Å². The van der Waals surface area contributed by atoms with E-state index in [-0.39, 0.29) is 11.4 Å². The highest BCUT2D eigenvalue weighted by Gasteiger charge is 2.53. The van der Waals surface area contributed by atoms with Crippen LogP contribution in [0, 0.1) is 0 Å². The minimum Gasteiger partial charge on any atom is -0.335 e. The van der Waals surface area contributed by atoms with Gasteiger partial charge in [0, 0.05) is 43.1 Å². The molecule has 4 heteroatoms. The third-order valence-electron chi connectivity index (χ3n) is 8.61. The fourth-order valence-electron chi connectivity index (χ4n) is 7.09. The van der Waals surface area contributed by atoms with Crippen LogP contribution in [0.3, 0.4) is 0 Å². The predicted molar refractivity (Wildman–Crippen MR) is 128 cm³/mol. The molecule has 6 rings (SSSR count). The summed E-state index contributed by atoms with van der Waals surface area (Å²) < 4.78 is 0. The highest BCUT2D eigenvalue weighted by atomic mass is 16.2. The monoisotopic (exact) mass is 429 g/mol. The van der Waals surface area contributed by atoms with E-state index in [1.54, 1.807) is 22.3 Å². The number of carbonyl (C=O) groups is 1. The summed E-state index contributed by atoms with van der Waals surface area (Å²) in [5, 5.41) is 6.48. The minimum absolute atomic E-state index is 0.0474. The summed E-state index contributed by atoms with van der Waals surface area (Å²) in [5.74, 6) is 0.560. The minimum atomic E-state index is 0.0474. The van der Waals surface area contributed by atoms with E-state index in [1.807, 2.05) is 0 Å². The van der Waals surface area contributed by atoms with Gasteiger partial charge >= 0.3 is 6.03 Å². The maximum Gasteiger partial charge on any atom is 0.315 e. The average molecular weight is 430 g/mol. The third-order valence-corrected chi connectivity index (χ3v) is 8.61. The second-order valence-corrected chi connectivity index (χ2v) is 10.5. The van der Waals surface area contributed by atoms with Gasteiger partial charge in [-0.1, -0.05) is 67.8 Å². The first-order chi connectivity index (χ1) is 15.7. The zero-order valence-corrected chi connectivity index (χ0v) is 19.0. The Hall–Kier alpha value is -2.33. The number of nitrogens with one attached hydrogen (secondary N) is 2. The highest BCUT2D eigenvalue weighted by molar-refractivity contribution is 5.74. The van der Waals surface area contributed by atoms with Crippen molar-refractivity contribution in [2.45, 2.75) is 74.8 Å². The lowest BCUT2D eigenvalue weighted by molar-refractivity contribution is 0.168. The summed E-state index contributed by atoms with van der Waals surface area (Å²) in [4.78, 5) is 15.1. The van der Waals surface area contributed by atoms with E-state index >= 15 is 0 Å². The Morgan fingerprint density at radius 2 is 1.38 bits per heavy atom. The van der Waals surface area contributed by atoms with Crippen molar-refractivity contribution in [1.29, 1.82) is 0 Å². The number of fused-ring (bicyclic) bond motifs is 8. The molecule has 32 heavy (non-hydrogen) atoms. The van der Waals surface area contributed by atoms with Gasteiger partial charge in [-0.3, -0.25) is 0 Å². The van der Waals surface area contributed by atoms with Crippen LogP contribution in [0.15, 0.2) is 48.5 Å². The third kappa shape index (κ3) is 3.44. The molecule has 2 aromatic carbocycles. The maximum absolute atomic E-state index is 12.5. The molecule has 4 aliphatic rings. The summed E-state index contributed by atoms with van der Waals surface area (Å²) in [7, 11) is 0. The van der Waals surface area contributed by atoms with Crippen molar-refractivity contribution in [3.8, 4) is 0 Å². The van der Waals surface area contributed by atoms with Gasteiger partial charge < -0.3 is 15.5 Å². The fourth-order valence-corrected chi connectivity index (χ4v) is 7.09. The van der Waals surface area contributed by atoms with Crippen LogP contribution in [0.25, 0.3) is 0 Å². The van der Waals surface area contributed by atoms with Crippen molar-refractivity contribution >= 4 is 6.03 Å². The van der Waals surface area contributed by atoms with Crippen molar-refractivity contribution in [2.75, 3.05) is 19.6 Å². The molecule has 1 heterocycles. The number of nitrogens with zero attached hydrogens (tertiary/aromatic N) is 1. The zero-order chi connectivity index (χ0) is 21.5. The first kappa shape index (κ1) is 20.3. The van der Waals surface area contributed by atoms with E-state index < -0.39 is 0 Å². The first-order valence-corrected chi connectivity index (χ1v) is 12.7. The fraction of sp³-hybridized carbons (Fsp3) is 0.536. The molecule has 1 saturated heterocycles. The van der Waals surface area contributed by atoms with Gasteiger partial charge in [0.15, 0.2) is 0 Å². The van der Waals surface area contributed by atoms with Crippen LogP contribution in [0.4, 0.5) is 4.79 Å². The Balaban J connectivity index is 1.11. The van der Waals surface area contributed by atoms with Gasteiger partial charge in [0.05, 0.1) is 0 Å². The lowest BCUT2D eigenvalue weighted by atomic mass is 9.74. The van der Waals surface area contributed by atoms with Crippen LogP contribution in [0.2, 0.25) is 0 Å². The van der Waals surface area contributed by atoms with Crippen LogP contribution in [0.5, 0.6) is 0 Å².